The van der Waals surface area contributed by atoms with E-state index in [1.807, 2.05) is 0 Å². The first kappa shape index (κ1) is 24.2. The molecule has 0 radical (unpaired) electrons. The van der Waals surface area contributed by atoms with Gasteiger partial charge < -0.3 is 42.9 Å². The highest BCUT2D eigenvalue weighted by molar-refractivity contribution is 5.97. The van der Waals surface area contributed by atoms with E-state index < -0.39 is 23.6 Å². The molecule has 0 spiro atoms. The van der Waals surface area contributed by atoms with Gasteiger partial charge >= 0.3 is 5.63 Å². The lowest BCUT2D eigenvalue weighted by atomic mass is 9.88. The van der Waals surface area contributed by atoms with Gasteiger partial charge in [0.2, 0.25) is 18.3 Å². The number of hydrogen-bond donors (Lipinski definition) is 1. The molecule has 0 aliphatic carbocycles. The second-order valence-corrected chi connectivity index (χ2v) is 8.30. The van der Waals surface area contributed by atoms with Crippen molar-refractivity contribution >= 4 is 11.6 Å². The molecule has 37 heavy (non-hydrogen) atoms. The Morgan fingerprint density at radius 1 is 0.892 bits per heavy atom. The molecular weight excluding hydrogens is 486 g/mol. The average Bonchev–Trinajstić information content (AvgIpc) is 3.52. The van der Waals surface area contributed by atoms with Gasteiger partial charge in [-0.3, -0.25) is 4.79 Å². The Morgan fingerprint density at radius 2 is 1.59 bits per heavy atom. The smallest absolute Gasteiger partial charge is 0.343 e. The van der Waals surface area contributed by atoms with Crippen molar-refractivity contribution in [2.45, 2.75) is 18.9 Å². The summed E-state index contributed by atoms with van der Waals surface area (Å²) in [6, 6.07) is 8.17. The third-order valence-electron chi connectivity index (χ3n) is 6.17. The standard InChI is InChI=1S/C26H25NO10/c1-12-6-15-21(26(29)36-12)20(13-7-16(30-2)23-19(8-13)34-11-35-23)24(37-15)25(28)27-14-9-17(31-3)22(33-5)18(10-14)32-4/h6-10,20,24H,11H2,1-5H3,(H,27,28). The van der Waals surface area contributed by atoms with Crippen molar-refractivity contribution in [1.29, 1.82) is 0 Å². The fraction of sp³-hybridized carbons (Fsp3) is 0.308. The van der Waals surface area contributed by atoms with Gasteiger partial charge in [-0.25, -0.2) is 4.79 Å². The Morgan fingerprint density at radius 3 is 2.24 bits per heavy atom. The second-order valence-electron chi connectivity index (χ2n) is 8.30. The summed E-state index contributed by atoms with van der Waals surface area (Å²) in [6.45, 7) is 1.66. The second kappa shape index (κ2) is 9.49. The van der Waals surface area contributed by atoms with E-state index in [0.717, 1.165) is 0 Å². The van der Waals surface area contributed by atoms with Gasteiger partial charge in [0, 0.05) is 23.9 Å². The molecule has 2 atom stereocenters. The number of ether oxygens (including phenoxy) is 7. The molecule has 0 bridgehead atoms. The molecule has 3 heterocycles. The highest BCUT2D eigenvalue weighted by Crippen LogP contribution is 2.48. The zero-order valence-corrected chi connectivity index (χ0v) is 20.8. The van der Waals surface area contributed by atoms with E-state index in [4.69, 9.17) is 37.6 Å². The van der Waals surface area contributed by atoms with Gasteiger partial charge in [-0.2, -0.15) is 0 Å². The van der Waals surface area contributed by atoms with Crippen LogP contribution >= 0.6 is 0 Å². The summed E-state index contributed by atoms with van der Waals surface area (Å²) in [5.41, 5.74) is 0.557. The van der Waals surface area contributed by atoms with Gasteiger partial charge in [0.05, 0.1) is 39.9 Å². The van der Waals surface area contributed by atoms with Crippen LogP contribution in [0.3, 0.4) is 0 Å². The van der Waals surface area contributed by atoms with Gasteiger partial charge in [0.15, 0.2) is 29.1 Å². The van der Waals surface area contributed by atoms with Crippen LogP contribution in [0.5, 0.6) is 40.2 Å². The van der Waals surface area contributed by atoms with Gasteiger partial charge in [-0.05, 0) is 24.6 Å². The molecule has 0 saturated carbocycles. The summed E-state index contributed by atoms with van der Waals surface area (Å²) in [5, 5.41) is 2.83. The first-order valence-electron chi connectivity index (χ1n) is 11.3. The molecule has 2 aliphatic rings. The minimum absolute atomic E-state index is 0.0271. The van der Waals surface area contributed by atoms with E-state index in [1.165, 1.54) is 28.4 Å². The quantitative estimate of drug-likeness (QED) is 0.506. The lowest BCUT2D eigenvalue weighted by Gasteiger charge is -2.20. The fourth-order valence-electron chi connectivity index (χ4n) is 4.57. The zero-order valence-electron chi connectivity index (χ0n) is 20.8. The predicted octanol–water partition coefficient (Wildman–Crippen LogP) is 3.24. The number of carbonyl (C=O) groups excluding carboxylic acids is 1. The van der Waals surface area contributed by atoms with Crippen LogP contribution in [0.2, 0.25) is 0 Å². The number of benzene rings is 2. The fourth-order valence-corrected chi connectivity index (χ4v) is 4.57. The summed E-state index contributed by atoms with van der Waals surface area (Å²) in [5.74, 6) is 1.67. The molecule has 11 nitrogen and oxygen atoms in total. The predicted molar refractivity (Wildman–Crippen MR) is 130 cm³/mol. The molecule has 11 heteroatoms. The summed E-state index contributed by atoms with van der Waals surface area (Å²) < 4.78 is 44.0. The largest absolute Gasteiger partial charge is 0.493 e. The maximum Gasteiger partial charge on any atom is 0.343 e. The number of aryl methyl sites for hydroxylation is 1. The minimum Gasteiger partial charge on any atom is -0.493 e. The topological polar surface area (TPSA) is 124 Å². The van der Waals surface area contributed by atoms with E-state index in [9.17, 15) is 9.59 Å². The van der Waals surface area contributed by atoms with Crippen molar-refractivity contribution in [1.82, 2.24) is 0 Å². The zero-order chi connectivity index (χ0) is 26.3. The summed E-state index contributed by atoms with van der Waals surface area (Å²) in [6.07, 6.45) is -1.12. The number of carbonyl (C=O) groups is 1. The molecule has 1 aromatic heterocycles. The van der Waals surface area contributed by atoms with E-state index in [-0.39, 0.29) is 18.1 Å². The van der Waals surface area contributed by atoms with Crippen LogP contribution < -0.4 is 44.1 Å². The van der Waals surface area contributed by atoms with Gasteiger partial charge in [0.1, 0.15) is 11.5 Å². The lowest BCUT2D eigenvalue weighted by Crippen LogP contribution is -2.35. The number of fused-ring (bicyclic) bond motifs is 2. The van der Waals surface area contributed by atoms with Crippen LogP contribution in [0.25, 0.3) is 0 Å². The van der Waals surface area contributed by atoms with Crippen LogP contribution in [-0.2, 0) is 4.79 Å². The monoisotopic (exact) mass is 511 g/mol. The normalized spacial score (nSPS) is 17.0. The first-order chi connectivity index (χ1) is 17.9. The molecule has 1 N–H and O–H groups in total. The maximum atomic E-state index is 13.6. The SMILES string of the molecule is COc1cc(NC(=O)C2Oc3cc(C)oc(=O)c3C2c2cc(OC)c3c(c2)OCO3)cc(OC)c1OC. The van der Waals surface area contributed by atoms with E-state index in [2.05, 4.69) is 5.32 Å². The maximum absolute atomic E-state index is 13.6. The Kier molecular flexibility index (Phi) is 6.20. The molecule has 2 unspecified atom stereocenters. The number of methoxy groups -OCH3 is 4. The third-order valence-corrected chi connectivity index (χ3v) is 6.17. The molecule has 0 saturated heterocycles. The van der Waals surface area contributed by atoms with Crippen molar-refractivity contribution in [3.05, 3.63) is 57.6 Å². The average molecular weight is 511 g/mol. The third kappa shape index (κ3) is 4.11. The highest BCUT2D eigenvalue weighted by Gasteiger charge is 2.44. The van der Waals surface area contributed by atoms with Gasteiger partial charge in [-0.1, -0.05) is 0 Å². The van der Waals surface area contributed by atoms with Crippen molar-refractivity contribution in [3.8, 4) is 40.2 Å². The van der Waals surface area contributed by atoms with E-state index in [1.54, 1.807) is 37.3 Å². The Balaban J connectivity index is 1.57. The molecule has 3 aromatic rings. The first-order valence-corrected chi connectivity index (χ1v) is 11.3. The summed E-state index contributed by atoms with van der Waals surface area (Å²) in [4.78, 5) is 26.6. The number of rotatable bonds is 7. The number of amides is 1. The van der Waals surface area contributed by atoms with Gasteiger partial charge in [-0.15, -0.1) is 0 Å². The highest BCUT2D eigenvalue weighted by atomic mass is 16.7. The Labute approximate surface area is 211 Å². The summed E-state index contributed by atoms with van der Waals surface area (Å²) >= 11 is 0. The van der Waals surface area contributed by atoms with Crippen LogP contribution in [0.1, 0.15) is 22.8 Å². The Bertz CT molecular complexity index is 1400. The molecule has 0 fully saturated rings. The molecule has 2 aromatic carbocycles. The van der Waals surface area contributed by atoms with Gasteiger partial charge in [0.25, 0.3) is 5.91 Å². The molecule has 2 aliphatic heterocycles. The molecule has 5 rings (SSSR count). The molecule has 1 amide bonds. The van der Waals surface area contributed by atoms with Crippen molar-refractivity contribution in [2.24, 2.45) is 0 Å². The van der Waals surface area contributed by atoms with Crippen LogP contribution in [0.4, 0.5) is 5.69 Å². The Hall–Kier alpha value is -4.54. The molecule has 194 valence electrons. The number of nitrogens with one attached hydrogen (secondary N) is 1. The number of hydrogen-bond acceptors (Lipinski definition) is 10. The minimum atomic E-state index is -1.12. The van der Waals surface area contributed by atoms with Crippen LogP contribution in [-0.4, -0.2) is 47.2 Å². The van der Waals surface area contributed by atoms with Crippen molar-refractivity contribution < 1.29 is 42.4 Å². The van der Waals surface area contributed by atoms with Crippen molar-refractivity contribution in [2.75, 3.05) is 40.5 Å². The van der Waals surface area contributed by atoms with Crippen molar-refractivity contribution in [3.63, 3.8) is 0 Å². The van der Waals surface area contributed by atoms with E-state index in [0.29, 0.717) is 51.5 Å². The van der Waals surface area contributed by atoms with E-state index >= 15 is 0 Å². The lowest BCUT2D eigenvalue weighted by molar-refractivity contribution is -0.122. The molecular formula is C26H25NO10. The summed E-state index contributed by atoms with van der Waals surface area (Å²) in [7, 11) is 5.93. The van der Waals surface area contributed by atoms with Crippen LogP contribution in [0.15, 0.2) is 39.5 Å². The van der Waals surface area contributed by atoms with Crippen LogP contribution in [0, 0.1) is 6.92 Å². The number of anilines is 1.